The summed E-state index contributed by atoms with van der Waals surface area (Å²) in [6.07, 6.45) is 3.86. The van der Waals surface area contributed by atoms with Crippen molar-refractivity contribution in [2.24, 2.45) is 0 Å². The molecule has 0 atom stereocenters. The van der Waals surface area contributed by atoms with E-state index in [1.807, 2.05) is 6.92 Å². The Morgan fingerprint density at radius 2 is 2.29 bits per heavy atom. The van der Waals surface area contributed by atoms with Crippen LogP contribution >= 0.6 is 11.6 Å². The summed E-state index contributed by atoms with van der Waals surface area (Å²) < 4.78 is 10.4. The summed E-state index contributed by atoms with van der Waals surface area (Å²) >= 11 is 6.00. The van der Waals surface area contributed by atoms with E-state index in [-0.39, 0.29) is 0 Å². The molecule has 1 N–H and O–H groups in total. The predicted octanol–water partition coefficient (Wildman–Crippen LogP) is 2.12. The molecule has 17 heavy (non-hydrogen) atoms. The third-order valence-electron chi connectivity index (χ3n) is 2.74. The Morgan fingerprint density at radius 3 is 2.94 bits per heavy atom. The topological polar surface area (TPSA) is 56.3 Å². The van der Waals surface area contributed by atoms with Crippen molar-refractivity contribution in [2.45, 2.75) is 31.9 Å². The monoisotopic (exact) mass is 257 g/mol. The van der Waals surface area contributed by atoms with E-state index in [1.54, 1.807) is 0 Å². The van der Waals surface area contributed by atoms with Crippen LogP contribution in [-0.4, -0.2) is 35.8 Å². The largest absolute Gasteiger partial charge is 0.467 e. The van der Waals surface area contributed by atoms with Gasteiger partial charge in [-0.05, 0) is 19.8 Å². The lowest BCUT2D eigenvalue weighted by molar-refractivity contribution is 0.00292. The van der Waals surface area contributed by atoms with E-state index in [4.69, 9.17) is 21.1 Å². The molecular formula is C11H16ClN3O2. The molecule has 94 valence electrons. The van der Waals surface area contributed by atoms with Gasteiger partial charge in [0.15, 0.2) is 5.82 Å². The first-order chi connectivity index (χ1) is 8.22. The highest BCUT2D eigenvalue weighted by molar-refractivity contribution is 6.32. The number of nitrogens with zero attached hydrogens (tertiary/aromatic N) is 2. The van der Waals surface area contributed by atoms with Gasteiger partial charge in [0.1, 0.15) is 5.02 Å². The zero-order chi connectivity index (χ0) is 12.3. The van der Waals surface area contributed by atoms with Crippen LogP contribution in [0.25, 0.3) is 0 Å². The molecule has 1 heterocycles. The minimum atomic E-state index is 0.317. The SMILES string of the molecule is CCOC1CC(Nc2nc(OC)ncc2Cl)C1. The summed E-state index contributed by atoms with van der Waals surface area (Å²) in [5.41, 5.74) is 0. The van der Waals surface area contributed by atoms with Crippen molar-refractivity contribution in [1.29, 1.82) is 0 Å². The molecule has 0 saturated heterocycles. The molecule has 1 saturated carbocycles. The molecule has 0 unspecified atom stereocenters. The Labute approximate surface area is 105 Å². The standard InChI is InChI=1S/C11H16ClN3O2/c1-3-17-8-4-7(5-8)14-10-9(12)6-13-11(15-10)16-2/h6-8H,3-5H2,1-2H3,(H,13,14,15). The summed E-state index contributed by atoms with van der Waals surface area (Å²) in [7, 11) is 1.53. The fourth-order valence-electron chi connectivity index (χ4n) is 1.80. The third-order valence-corrected chi connectivity index (χ3v) is 3.02. The van der Waals surface area contributed by atoms with Gasteiger partial charge in [-0.1, -0.05) is 11.6 Å². The highest BCUT2D eigenvalue weighted by atomic mass is 35.5. The molecule has 0 spiro atoms. The van der Waals surface area contributed by atoms with Crippen molar-refractivity contribution in [3.05, 3.63) is 11.2 Å². The molecule has 5 nitrogen and oxygen atoms in total. The molecule has 1 aromatic heterocycles. The van der Waals surface area contributed by atoms with E-state index in [1.165, 1.54) is 13.3 Å². The Kier molecular flexibility index (Phi) is 4.02. The van der Waals surface area contributed by atoms with Crippen LogP contribution in [0.4, 0.5) is 5.82 Å². The molecule has 0 bridgehead atoms. The second kappa shape index (κ2) is 5.51. The highest BCUT2D eigenvalue weighted by Crippen LogP contribution is 2.29. The molecule has 1 aliphatic rings. The number of aromatic nitrogens is 2. The Balaban J connectivity index is 1.91. The summed E-state index contributed by atoms with van der Waals surface area (Å²) in [6.45, 7) is 2.77. The van der Waals surface area contributed by atoms with E-state index in [9.17, 15) is 0 Å². The van der Waals surface area contributed by atoms with Gasteiger partial charge in [-0.15, -0.1) is 0 Å². The van der Waals surface area contributed by atoms with Crippen LogP contribution in [0.5, 0.6) is 6.01 Å². The molecular weight excluding hydrogens is 242 g/mol. The zero-order valence-electron chi connectivity index (χ0n) is 9.94. The van der Waals surface area contributed by atoms with Crippen molar-refractivity contribution >= 4 is 17.4 Å². The summed E-state index contributed by atoms with van der Waals surface area (Å²) in [5.74, 6) is 0.624. The van der Waals surface area contributed by atoms with Crippen LogP contribution in [0.3, 0.4) is 0 Å². The quantitative estimate of drug-likeness (QED) is 0.876. The number of hydrogen-bond donors (Lipinski definition) is 1. The first-order valence-corrected chi connectivity index (χ1v) is 6.05. The number of anilines is 1. The van der Waals surface area contributed by atoms with Gasteiger partial charge in [0.2, 0.25) is 0 Å². The van der Waals surface area contributed by atoms with Crippen LogP contribution in [0.1, 0.15) is 19.8 Å². The van der Waals surface area contributed by atoms with Crippen molar-refractivity contribution < 1.29 is 9.47 Å². The zero-order valence-corrected chi connectivity index (χ0v) is 10.7. The number of halogens is 1. The van der Waals surface area contributed by atoms with E-state index >= 15 is 0 Å². The van der Waals surface area contributed by atoms with Crippen molar-refractivity contribution in [2.75, 3.05) is 19.0 Å². The predicted molar refractivity (Wildman–Crippen MR) is 65.7 cm³/mol. The van der Waals surface area contributed by atoms with Gasteiger partial charge in [0.05, 0.1) is 19.4 Å². The summed E-state index contributed by atoms with van der Waals surface area (Å²) in [6, 6.07) is 0.682. The molecule has 0 aliphatic heterocycles. The average molecular weight is 258 g/mol. The molecule has 0 radical (unpaired) electrons. The summed E-state index contributed by atoms with van der Waals surface area (Å²) in [4.78, 5) is 8.09. The Morgan fingerprint density at radius 1 is 1.53 bits per heavy atom. The maximum atomic E-state index is 6.00. The van der Waals surface area contributed by atoms with Gasteiger partial charge < -0.3 is 14.8 Å². The van der Waals surface area contributed by atoms with Crippen LogP contribution in [-0.2, 0) is 4.74 Å². The number of ether oxygens (including phenoxy) is 2. The molecule has 1 aromatic rings. The normalized spacial score (nSPS) is 23.0. The van der Waals surface area contributed by atoms with Crippen LogP contribution < -0.4 is 10.1 Å². The van der Waals surface area contributed by atoms with Crippen molar-refractivity contribution in [3.63, 3.8) is 0 Å². The van der Waals surface area contributed by atoms with E-state index < -0.39 is 0 Å². The molecule has 1 fully saturated rings. The molecule has 1 aliphatic carbocycles. The van der Waals surface area contributed by atoms with Crippen LogP contribution in [0, 0.1) is 0 Å². The van der Waals surface area contributed by atoms with Gasteiger partial charge in [-0.2, -0.15) is 4.98 Å². The maximum Gasteiger partial charge on any atom is 0.318 e. The Hall–Kier alpha value is -1.07. The molecule has 2 rings (SSSR count). The highest BCUT2D eigenvalue weighted by Gasteiger charge is 2.30. The third kappa shape index (κ3) is 2.98. The fraction of sp³-hybridized carbons (Fsp3) is 0.636. The van der Waals surface area contributed by atoms with Gasteiger partial charge in [-0.25, -0.2) is 4.98 Å². The lowest BCUT2D eigenvalue weighted by Crippen LogP contribution is -2.41. The minimum absolute atomic E-state index is 0.317. The van der Waals surface area contributed by atoms with Gasteiger partial charge in [0, 0.05) is 12.6 Å². The number of nitrogens with one attached hydrogen (secondary N) is 1. The van der Waals surface area contributed by atoms with Crippen molar-refractivity contribution in [3.8, 4) is 6.01 Å². The fourth-order valence-corrected chi connectivity index (χ4v) is 1.94. The molecule has 0 aromatic carbocycles. The number of hydrogen-bond acceptors (Lipinski definition) is 5. The van der Waals surface area contributed by atoms with E-state index in [2.05, 4.69) is 15.3 Å². The Bertz CT molecular complexity index is 383. The number of rotatable bonds is 5. The number of methoxy groups -OCH3 is 1. The smallest absolute Gasteiger partial charge is 0.318 e. The first-order valence-electron chi connectivity index (χ1n) is 5.67. The van der Waals surface area contributed by atoms with Gasteiger partial charge in [0.25, 0.3) is 0 Å². The summed E-state index contributed by atoms with van der Waals surface area (Å²) in [5, 5.41) is 3.77. The average Bonchev–Trinajstić information content (AvgIpc) is 2.29. The van der Waals surface area contributed by atoms with Gasteiger partial charge in [-0.3, -0.25) is 0 Å². The lowest BCUT2D eigenvalue weighted by Gasteiger charge is -2.35. The van der Waals surface area contributed by atoms with Crippen LogP contribution in [0.15, 0.2) is 6.20 Å². The first kappa shape index (κ1) is 12.4. The van der Waals surface area contributed by atoms with E-state index in [0.717, 1.165) is 19.4 Å². The van der Waals surface area contributed by atoms with E-state index in [0.29, 0.717) is 29.0 Å². The lowest BCUT2D eigenvalue weighted by atomic mass is 9.89. The minimum Gasteiger partial charge on any atom is -0.467 e. The molecule has 0 amide bonds. The van der Waals surface area contributed by atoms with Gasteiger partial charge >= 0.3 is 6.01 Å². The second-order valence-corrected chi connectivity index (χ2v) is 4.35. The van der Waals surface area contributed by atoms with Crippen molar-refractivity contribution in [1.82, 2.24) is 9.97 Å². The van der Waals surface area contributed by atoms with Crippen LogP contribution in [0.2, 0.25) is 5.02 Å². The molecule has 6 heteroatoms. The second-order valence-electron chi connectivity index (χ2n) is 3.94. The maximum absolute atomic E-state index is 6.00.